The molecule has 1 N–H and O–H groups in total. The van der Waals surface area contributed by atoms with E-state index in [0.29, 0.717) is 11.3 Å². The lowest BCUT2D eigenvalue weighted by atomic mass is 10.2. The van der Waals surface area contributed by atoms with E-state index in [4.69, 9.17) is 4.74 Å². The number of rotatable bonds is 5. The van der Waals surface area contributed by atoms with E-state index in [1.807, 2.05) is 0 Å². The lowest BCUT2D eigenvalue weighted by molar-refractivity contribution is -0.122. The number of carbonyl (C=O) groups is 2. The van der Waals surface area contributed by atoms with Crippen LogP contribution in [0.4, 0.5) is 14.5 Å². The van der Waals surface area contributed by atoms with Crippen molar-refractivity contribution in [1.82, 2.24) is 0 Å². The highest BCUT2D eigenvalue weighted by molar-refractivity contribution is 5.95. The van der Waals surface area contributed by atoms with Gasteiger partial charge in [0.25, 0.3) is 5.91 Å². The van der Waals surface area contributed by atoms with Crippen LogP contribution in [0.3, 0.4) is 0 Å². The first-order valence-corrected chi connectivity index (χ1v) is 7.01. The van der Waals surface area contributed by atoms with Crippen molar-refractivity contribution in [2.75, 3.05) is 12.4 Å². The van der Waals surface area contributed by atoms with Crippen LogP contribution in [0.2, 0.25) is 0 Å². The maximum Gasteiger partial charge on any atom is 0.337 e. The predicted octanol–water partition coefficient (Wildman–Crippen LogP) is 3.16. The Morgan fingerprint density at radius 2 is 1.71 bits per heavy atom. The second kappa shape index (κ2) is 7.54. The molecule has 126 valence electrons. The van der Waals surface area contributed by atoms with Crippen molar-refractivity contribution in [3.8, 4) is 5.75 Å². The zero-order chi connectivity index (χ0) is 17.7. The van der Waals surface area contributed by atoms with E-state index in [9.17, 15) is 18.4 Å². The highest BCUT2D eigenvalue weighted by Crippen LogP contribution is 2.17. The van der Waals surface area contributed by atoms with E-state index in [1.54, 1.807) is 0 Å². The van der Waals surface area contributed by atoms with Crippen LogP contribution in [0.5, 0.6) is 5.75 Å². The smallest absolute Gasteiger partial charge is 0.337 e. The summed E-state index contributed by atoms with van der Waals surface area (Å²) in [6.07, 6.45) is -0.935. The van der Waals surface area contributed by atoms with Gasteiger partial charge in [0, 0.05) is 11.8 Å². The van der Waals surface area contributed by atoms with Gasteiger partial charge in [-0.05, 0) is 43.3 Å². The minimum atomic E-state index is -1.06. The van der Waals surface area contributed by atoms with Crippen molar-refractivity contribution in [2.24, 2.45) is 0 Å². The predicted molar refractivity (Wildman–Crippen MR) is 82.9 cm³/mol. The van der Waals surface area contributed by atoms with Crippen molar-refractivity contribution < 1.29 is 27.8 Å². The van der Waals surface area contributed by atoms with Crippen molar-refractivity contribution in [2.45, 2.75) is 13.0 Å². The molecular weight excluding hydrogens is 320 g/mol. The van der Waals surface area contributed by atoms with Crippen molar-refractivity contribution >= 4 is 17.6 Å². The second-order valence-corrected chi connectivity index (χ2v) is 4.89. The molecule has 0 aliphatic heterocycles. The number of esters is 1. The summed E-state index contributed by atoms with van der Waals surface area (Å²) in [5.74, 6) is -2.98. The Hall–Kier alpha value is -2.96. The molecule has 0 heterocycles. The molecule has 0 fully saturated rings. The fourth-order valence-electron chi connectivity index (χ4n) is 1.86. The molecule has 0 aliphatic carbocycles. The molecule has 0 saturated heterocycles. The zero-order valence-corrected chi connectivity index (χ0v) is 13.0. The molecule has 0 aromatic heterocycles. The third-order valence-electron chi connectivity index (χ3n) is 3.15. The number of carbonyl (C=O) groups excluding carboxylic acids is 2. The fourth-order valence-corrected chi connectivity index (χ4v) is 1.86. The first kappa shape index (κ1) is 17.4. The molecule has 2 aromatic rings. The van der Waals surface area contributed by atoms with Gasteiger partial charge in [0.05, 0.1) is 12.7 Å². The van der Waals surface area contributed by atoms with Gasteiger partial charge in [0.15, 0.2) is 17.7 Å². The molecule has 5 nitrogen and oxygen atoms in total. The zero-order valence-electron chi connectivity index (χ0n) is 13.0. The van der Waals surface area contributed by atoms with Crippen molar-refractivity contribution in [3.63, 3.8) is 0 Å². The third kappa shape index (κ3) is 4.28. The molecule has 7 heteroatoms. The molecule has 2 rings (SSSR count). The average molecular weight is 335 g/mol. The molecule has 24 heavy (non-hydrogen) atoms. The van der Waals surface area contributed by atoms with Gasteiger partial charge in [0.1, 0.15) is 5.75 Å². The van der Waals surface area contributed by atoms with E-state index in [1.165, 1.54) is 44.4 Å². The Labute approximate surface area is 137 Å². The number of anilines is 1. The summed E-state index contributed by atoms with van der Waals surface area (Å²) in [7, 11) is 1.27. The van der Waals surface area contributed by atoms with Crippen LogP contribution in [-0.2, 0) is 9.53 Å². The number of hydrogen-bond donors (Lipinski definition) is 1. The Balaban J connectivity index is 1.98. The third-order valence-corrected chi connectivity index (χ3v) is 3.15. The van der Waals surface area contributed by atoms with Gasteiger partial charge in [-0.3, -0.25) is 4.79 Å². The van der Waals surface area contributed by atoms with Gasteiger partial charge in [0.2, 0.25) is 0 Å². The van der Waals surface area contributed by atoms with Gasteiger partial charge >= 0.3 is 5.97 Å². The van der Waals surface area contributed by atoms with Crippen LogP contribution in [0.1, 0.15) is 17.3 Å². The number of hydrogen-bond acceptors (Lipinski definition) is 4. The van der Waals surface area contributed by atoms with Gasteiger partial charge in [-0.2, -0.15) is 0 Å². The Morgan fingerprint density at radius 1 is 1.04 bits per heavy atom. The van der Waals surface area contributed by atoms with Crippen LogP contribution in [0.25, 0.3) is 0 Å². The Bertz CT molecular complexity index is 747. The van der Waals surface area contributed by atoms with Crippen molar-refractivity contribution in [3.05, 3.63) is 59.7 Å². The van der Waals surface area contributed by atoms with Crippen LogP contribution in [0, 0.1) is 11.6 Å². The van der Waals surface area contributed by atoms with E-state index in [-0.39, 0.29) is 5.75 Å². The molecule has 1 amide bonds. The van der Waals surface area contributed by atoms with Crippen LogP contribution in [0.15, 0.2) is 42.5 Å². The summed E-state index contributed by atoms with van der Waals surface area (Å²) < 4.78 is 35.8. The van der Waals surface area contributed by atoms with Crippen molar-refractivity contribution in [1.29, 1.82) is 0 Å². The van der Waals surface area contributed by atoms with Gasteiger partial charge in [-0.15, -0.1) is 0 Å². The Morgan fingerprint density at radius 3 is 2.29 bits per heavy atom. The highest BCUT2D eigenvalue weighted by atomic mass is 19.2. The normalized spacial score (nSPS) is 11.5. The fraction of sp³-hybridized carbons (Fsp3) is 0.176. The quantitative estimate of drug-likeness (QED) is 0.853. The summed E-state index contributed by atoms with van der Waals surface area (Å²) in [6.45, 7) is 1.47. The molecule has 0 saturated carbocycles. The Kier molecular flexibility index (Phi) is 5.47. The minimum absolute atomic E-state index is 0.0394. The minimum Gasteiger partial charge on any atom is -0.481 e. The average Bonchev–Trinajstić information content (AvgIpc) is 2.58. The SMILES string of the molecule is COC(=O)c1ccc(NC(=O)C(C)Oc2ccc(F)c(F)c2)cc1. The first-order chi connectivity index (χ1) is 11.4. The molecule has 1 atom stereocenters. The van der Waals surface area contributed by atoms with Gasteiger partial charge in [-0.25, -0.2) is 13.6 Å². The summed E-state index contributed by atoms with van der Waals surface area (Å²) >= 11 is 0. The number of benzene rings is 2. The van der Waals surface area contributed by atoms with Crippen LogP contribution < -0.4 is 10.1 Å². The number of methoxy groups -OCH3 is 1. The van der Waals surface area contributed by atoms with E-state index in [0.717, 1.165) is 12.1 Å². The van der Waals surface area contributed by atoms with E-state index < -0.39 is 29.6 Å². The first-order valence-electron chi connectivity index (χ1n) is 7.01. The summed E-state index contributed by atoms with van der Waals surface area (Å²) in [4.78, 5) is 23.4. The molecule has 0 spiro atoms. The monoisotopic (exact) mass is 335 g/mol. The molecular formula is C17H15F2NO4. The number of nitrogens with one attached hydrogen (secondary N) is 1. The number of halogens is 2. The number of amides is 1. The molecule has 2 aromatic carbocycles. The lowest BCUT2D eigenvalue weighted by Crippen LogP contribution is -2.30. The molecule has 0 bridgehead atoms. The van der Waals surface area contributed by atoms with Crippen LogP contribution in [-0.4, -0.2) is 25.1 Å². The molecule has 0 aliphatic rings. The van der Waals surface area contributed by atoms with E-state index >= 15 is 0 Å². The maximum atomic E-state index is 13.1. The standard InChI is InChI=1S/C17H15F2NO4/c1-10(24-13-7-8-14(18)15(19)9-13)16(21)20-12-5-3-11(4-6-12)17(22)23-2/h3-10H,1-2H3,(H,20,21). The van der Waals surface area contributed by atoms with Gasteiger partial charge < -0.3 is 14.8 Å². The number of ether oxygens (including phenoxy) is 2. The summed E-state index contributed by atoms with van der Waals surface area (Å²) in [5.41, 5.74) is 0.801. The van der Waals surface area contributed by atoms with E-state index in [2.05, 4.69) is 10.1 Å². The van der Waals surface area contributed by atoms with Gasteiger partial charge in [-0.1, -0.05) is 0 Å². The molecule has 0 radical (unpaired) electrons. The lowest BCUT2D eigenvalue weighted by Gasteiger charge is -2.15. The summed E-state index contributed by atoms with van der Waals surface area (Å²) in [6, 6.07) is 9.09. The molecule has 1 unspecified atom stereocenters. The topological polar surface area (TPSA) is 64.6 Å². The highest BCUT2D eigenvalue weighted by Gasteiger charge is 2.16. The second-order valence-electron chi connectivity index (χ2n) is 4.89. The summed E-state index contributed by atoms with van der Waals surface area (Å²) in [5, 5.41) is 2.59. The maximum absolute atomic E-state index is 13.1. The van der Waals surface area contributed by atoms with Crippen LogP contribution >= 0.6 is 0 Å². The largest absolute Gasteiger partial charge is 0.481 e.